The van der Waals surface area contributed by atoms with E-state index in [2.05, 4.69) is 21.2 Å². The van der Waals surface area contributed by atoms with Crippen LogP contribution in [0.2, 0.25) is 0 Å². The topological polar surface area (TPSA) is 55.4 Å². The number of rotatable bonds is 7. The SMILES string of the molecule is CNCc1cc(Br)cc(C)c1OCCS(=O)(=O)C(C)C. The van der Waals surface area contributed by atoms with Gasteiger partial charge in [-0.1, -0.05) is 15.9 Å². The third-order valence-electron chi connectivity index (χ3n) is 3.02. The Bertz CT molecular complexity index is 556. The molecule has 1 aromatic rings. The highest BCUT2D eigenvalue weighted by atomic mass is 79.9. The molecule has 4 nitrogen and oxygen atoms in total. The van der Waals surface area contributed by atoms with Crippen molar-refractivity contribution in [1.82, 2.24) is 5.32 Å². The summed E-state index contributed by atoms with van der Waals surface area (Å²) in [5, 5.41) is 2.72. The van der Waals surface area contributed by atoms with Crippen LogP contribution in [0.15, 0.2) is 16.6 Å². The molecule has 0 bridgehead atoms. The standard InChI is InChI=1S/C14H22BrNO3S/c1-10(2)20(17,18)6-5-19-14-11(3)7-13(15)8-12(14)9-16-4/h7-8,10,16H,5-6,9H2,1-4H3. The van der Waals surface area contributed by atoms with Crippen molar-refractivity contribution in [2.75, 3.05) is 19.4 Å². The average Bonchev–Trinajstić information content (AvgIpc) is 2.32. The fourth-order valence-electron chi connectivity index (χ4n) is 1.82. The van der Waals surface area contributed by atoms with Gasteiger partial charge in [-0.05, 0) is 45.5 Å². The van der Waals surface area contributed by atoms with Gasteiger partial charge in [0.2, 0.25) is 0 Å². The van der Waals surface area contributed by atoms with Crippen LogP contribution < -0.4 is 10.1 Å². The van der Waals surface area contributed by atoms with Crippen LogP contribution in [-0.2, 0) is 16.4 Å². The summed E-state index contributed by atoms with van der Waals surface area (Å²) in [7, 11) is -1.20. The first kappa shape index (κ1) is 17.5. The van der Waals surface area contributed by atoms with Gasteiger partial charge in [0, 0.05) is 16.6 Å². The molecule has 6 heteroatoms. The zero-order chi connectivity index (χ0) is 15.3. The molecule has 0 radical (unpaired) electrons. The van der Waals surface area contributed by atoms with Crippen LogP contribution in [0.5, 0.6) is 5.75 Å². The van der Waals surface area contributed by atoms with Gasteiger partial charge in [-0.15, -0.1) is 0 Å². The number of ether oxygens (including phenoxy) is 1. The lowest BCUT2D eigenvalue weighted by Gasteiger charge is -2.15. The summed E-state index contributed by atoms with van der Waals surface area (Å²) in [6.45, 7) is 6.18. The van der Waals surface area contributed by atoms with Crippen molar-refractivity contribution in [3.63, 3.8) is 0 Å². The molecule has 0 spiro atoms. The Morgan fingerprint density at radius 3 is 2.55 bits per heavy atom. The Labute approximate surface area is 130 Å². The molecule has 0 heterocycles. The number of nitrogens with one attached hydrogen (secondary N) is 1. The fourth-order valence-corrected chi connectivity index (χ4v) is 3.23. The minimum atomic E-state index is -3.06. The van der Waals surface area contributed by atoms with Gasteiger partial charge in [0.15, 0.2) is 9.84 Å². The quantitative estimate of drug-likeness (QED) is 0.808. The van der Waals surface area contributed by atoms with Crippen molar-refractivity contribution in [2.45, 2.75) is 32.6 Å². The maximum absolute atomic E-state index is 11.8. The van der Waals surface area contributed by atoms with Crippen molar-refractivity contribution in [1.29, 1.82) is 0 Å². The molecule has 1 rings (SSSR count). The largest absolute Gasteiger partial charge is 0.492 e. The van der Waals surface area contributed by atoms with Crippen LogP contribution in [-0.4, -0.2) is 33.1 Å². The first-order valence-electron chi connectivity index (χ1n) is 6.56. The molecule has 0 atom stereocenters. The Hall–Kier alpha value is -0.590. The van der Waals surface area contributed by atoms with E-state index in [0.29, 0.717) is 6.54 Å². The molecule has 0 saturated heterocycles. The molecular formula is C14H22BrNO3S. The summed E-state index contributed by atoms with van der Waals surface area (Å²) in [5.41, 5.74) is 2.01. The van der Waals surface area contributed by atoms with Crippen molar-refractivity contribution in [2.24, 2.45) is 0 Å². The summed E-state index contributed by atoms with van der Waals surface area (Å²) in [6, 6.07) is 3.95. The lowest BCUT2D eigenvalue weighted by molar-refractivity contribution is 0.333. The van der Waals surface area contributed by atoms with Gasteiger partial charge < -0.3 is 10.1 Å². The average molecular weight is 364 g/mol. The lowest BCUT2D eigenvalue weighted by Crippen LogP contribution is -2.22. The van der Waals surface area contributed by atoms with Crippen LogP contribution in [0.4, 0.5) is 0 Å². The number of halogens is 1. The van der Waals surface area contributed by atoms with Gasteiger partial charge in [0.1, 0.15) is 12.4 Å². The second-order valence-corrected chi connectivity index (χ2v) is 8.60. The second-order valence-electron chi connectivity index (χ2n) is 5.01. The minimum Gasteiger partial charge on any atom is -0.492 e. The highest BCUT2D eigenvalue weighted by Gasteiger charge is 2.17. The fraction of sp³-hybridized carbons (Fsp3) is 0.571. The van der Waals surface area contributed by atoms with Crippen molar-refractivity contribution >= 4 is 25.8 Å². The van der Waals surface area contributed by atoms with Crippen LogP contribution in [0.1, 0.15) is 25.0 Å². The molecule has 0 saturated carbocycles. The number of hydrogen-bond donors (Lipinski definition) is 1. The molecule has 0 aromatic heterocycles. The van der Waals surface area contributed by atoms with E-state index in [1.54, 1.807) is 13.8 Å². The highest BCUT2D eigenvalue weighted by Crippen LogP contribution is 2.28. The van der Waals surface area contributed by atoms with E-state index in [4.69, 9.17) is 4.74 Å². The number of sulfone groups is 1. The van der Waals surface area contributed by atoms with Crippen LogP contribution in [0.25, 0.3) is 0 Å². The van der Waals surface area contributed by atoms with Crippen LogP contribution in [0.3, 0.4) is 0 Å². The Kier molecular flexibility index (Phi) is 6.48. The first-order chi connectivity index (χ1) is 9.27. The molecular weight excluding hydrogens is 342 g/mol. The normalized spacial score (nSPS) is 11.9. The summed E-state index contributed by atoms with van der Waals surface area (Å²) < 4.78 is 30.3. The predicted octanol–water partition coefficient (Wildman–Crippen LogP) is 2.68. The highest BCUT2D eigenvalue weighted by molar-refractivity contribution is 9.10. The number of hydrogen-bond acceptors (Lipinski definition) is 4. The summed E-state index contributed by atoms with van der Waals surface area (Å²) in [4.78, 5) is 0. The summed E-state index contributed by atoms with van der Waals surface area (Å²) >= 11 is 3.46. The maximum atomic E-state index is 11.8. The molecule has 0 amide bonds. The Morgan fingerprint density at radius 2 is 2.00 bits per heavy atom. The third kappa shape index (κ3) is 4.75. The van der Waals surface area contributed by atoms with E-state index < -0.39 is 9.84 Å². The van der Waals surface area contributed by atoms with Gasteiger partial charge in [-0.25, -0.2) is 8.42 Å². The first-order valence-corrected chi connectivity index (χ1v) is 9.06. The number of benzene rings is 1. The predicted molar refractivity (Wildman–Crippen MR) is 86.1 cm³/mol. The van der Waals surface area contributed by atoms with Gasteiger partial charge in [-0.3, -0.25) is 0 Å². The minimum absolute atomic E-state index is 0.0408. The van der Waals surface area contributed by atoms with Gasteiger partial charge in [-0.2, -0.15) is 0 Å². The van der Waals surface area contributed by atoms with E-state index >= 15 is 0 Å². The van der Waals surface area contributed by atoms with E-state index in [0.717, 1.165) is 21.3 Å². The van der Waals surface area contributed by atoms with Crippen molar-refractivity contribution < 1.29 is 13.2 Å². The smallest absolute Gasteiger partial charge is 0.155 e. The molecule has 0 aliphatic heterocycles. The second kappa shape index (κ2) is 7.43. The molecule has 0 aliphatic rings. The van der Waals surface area contributed by atoms with Crippen LogP contribution >= 0.6 is 15.9 Å². The van der Waals surface area contributed by atoms with Gasteiger partial charge in [0.25, 0.3) is 0 Å². The van der Waals surface area contributed by atoms with E-state index in [-0.39, 0.29) is 17.6 Å². The maximum Gasteiger partial charge on any atom is 0.155 e. The summed E-state index contributed by atoms with van der Waals surface area (Å²) in [5.74, 6) is 0.806. The number of aryl methyl sites for hydroxylation is 1. The Morgan fingerprint density at radius 1 is 1.35 bits per heavy atom. The molecule has 0 unspecified atom stereocenters. The van der Waals surface area contributed by atoms with Gasteiger partial charge in [0.05, 0.1) is 11.0 Å². The third-order valence-corrected chi connectivity index (χ3v) is 5.65. The van der Waals surface area contributed by atoms with Crippen molar-refractivity contribution in [3.8, 4) is 5.75 Å². The van der Waals surface area contributed by atoms with Gasteiger partial charge >= 0.3 is 0 Å². The zero-order valence-electron chi connectivity index (χ0n) is 12.4. The molecule has 0 aliphatic carbocycles. The molecule has 0 fully saturated rings. The molecule has 114 valence electrons. The van der Waals surface area contributed by atoms with E-state index in [1.165, 1.54) is 0 Å². The van der Waals surface area contributed by atoms with Crippen molar-refractivity contribution in [3.05, 3.63) is 27.7 Å². The van der Waals surface area contributed by atoms with Crippen LogP contribution in [0, 0.1) is 6.92 Å². The van der Waals surface area contributed by atoms with E-state index in [9.17, 15) is 8.42 Å². The van der Waals surface area contributed by atoms with E-state index in [1.807, 2.05) is 26.1 Å². The lowest BCUT2D eigenvalue weighted by atomic mass is 10.1. The molecule has 20 heavy (non-hydrogen) atoms. The zero-order valence-corrected chi connectivity index (χ0v) is 14.8. The Balaban J connectivity index is 2.82. The molecule has 1 aromatic carbocycles. The molecule has 1 N–H and O–H groups in total. The monoisotopic (exact) mass is 363 g/mol. The summed E-state index contributed by atoms with van der Waals surface area (Å²) in [6.07, 6.45) is 0.